The molecule has 1 N–H and O–H groups in total. The monoisotopic (exact) mass is 461 g/mol. The van der Waals surface area contributed by atoms with Gasteiger partial charge in [0, 0.05) is 25.7 Å². The Morgan fingerprint density at radius 2 is 2.06 bits per heavy atom. The molecule has 1 unspecified atom stereocenters. The van der Waals surface area contributed by atoms with Gasteiger partial charge in [0.1, 0.15) is 18.3 Å². The van der Waals surface area contributed by atoms with Crippen LogP contribution in [0.15, 0.2) is 64.5 Å². The van der Waals surface area contributed by atoms with Crippen molar-refractivity contribution >= 4 is 11.7 Å². The lowest BCUT2D eigenvalue weighted by Crippen LogP contribution is -2.44. The second kappa shape index (κ2) is 9.65. The zero-order valence-corrected chi connectivity index (χ0v) is 18.3. The maximum atomic E-state index is 12.8. The van der Waals surface area contributed by atoms with Crippen LogP contribution in [0.3, 0.4) is 0 Å². The first kappa shape index (κ1) is 21.5. The summed E-state index contributed by atoms with van der Waals surface area (Å²) >= 11 is 0. The van der Waals surface area contributed by atoms with Crippen LogP contribution in [-0.4, -0.2) is 60.3 Å². The number of aromatic nitrogens is 7. The van der Waals surface area contributed by atoms with Crippen LogP contribution in [0.1, 0.15) is 12.8 Å². The van der Waals surface area contributed by atoms with Gasteiger partial charge in [0.25, 0.3) is 5.56 Å². The van der Waals surface area contributed by atoms with E-state index in [1.54, 1.807) is 18.4 Å². The van der Waals surface area contributed by atoms with Gasteiger partial charge in [0.05, 0.1) is 18.7 Å². The lowest BCUT2D eigenvalue weighted by molar-refractivity contribution is -0.125. The Balaban J connectivity index is 1.16. The smallest absolute Gasteiger partial charge is 0.266 e. The molecule has 1 fully saturated rings. The maximum Gasteiger partial charge on any atom is 0.266 e. The number of hydrogen-bond acceptors (Lipinski definition) is 9. The molecule has 1 amide bonds. The van der Waals surface area contributed by atoms with Crippen molar-refractivity contribution in [3.8, 4) is 17.3 Å². The van der Waals surface area contributed by atoms with Crippen molar-refractivity contribution in [3.63, 3.8) is 0 Å². The summed E-state index contributed by atoms with van der Waals surface area (Å²) in [5.41, 5.74) is 0.412. The standard InChI is InChI=1S/C22H23N9O3/c32-21-8-7-20(31-15-23-14-25-31)28-30(21)11-9-24-22(33)16-3-1-10-29(13-16)19-6-5-17(26-27-19)18-4-2-12-34-18/h2,4-8,12,14-16H,1,3,9-11,13H2,(H,24,33). The molecule has 4 aromatic heterocycles. The first-order valence-electron chi connectivity index (χ1n) is 11.0. The van der Waals surface area contributed by atoms with E-state index in [-0.39, 0.29) is 23.9 Å². The van der Waals surface area contributed by atoms with Crippen LogP contribution in [-0.2, 0) is 11.3 Å². The highest BCUT2D eigenvalue weighted by Gasteiger charge is 2.26. The Kier molecular flexibility index (Phi) is 6.10. The van der Waals surface area contributed by atoms with Gasteiger partial charge in [-0.25, -0.2) is 14.3 Å². The Labute approximate surface area is 194 Å². The van der Waals surface area contributed by atoms with Crippen molar-refractivity contribution in [2.75, 3.05) is 24.5 Å². The molecular formula is C22H23N9O3. The molecule has 0 spiro atoms. The zero-order chi connectivity index (χ0) is 23.3. The summed E-state index contributed by atoms with van der Waals surface area (Å²) in [7, 11) is 0. The molecule has 5 rings (SSSR count). The number of amides is 1. The Bertz CT molecular complexity index is 1280. The third-order valence-electron chi connectivity index (χ3n) is 5.67. The molecule has 0 aromatic carbocycles. The number of carbonyl (C=O) groups excluding carboxylic acids is 1. The number of furan rings is 1. The van der Waals surface area contributed by atoms with Gasteiger partial charge < -0.3 is 14.6 Å². The Morgan fingerprint density at radius 1 is 1.15 bits per heavy atom. The summed E-state index contributed by atoms with van der Waals surface area (Å²) in [6, 6.07) is 10.4. The molecule has 34 heavy (non-hydrogen) atoms. The SMILES string of the molecule is O=C(NCCn1nc(-n2cncn2)ccc1=O)C1CCCN(c2ccc(-c3ccco3)nn2)C1. The Morgan fingerprint density at radius 3 is 2.82 bits per heavy atom. The van der Waals surface area contributed by atoms with E-state index in [0.717, 1.165) is 25.2 Å². The van der Waals surface area contributed by atoms with E-state index >= 15 is 0 Å². The highest BCUT2D eigenvalue weighted by Crippen LogP contribution is 2.23. The molecule has 1 saturated heterocycles. The van der Waals surface area contributed by atoms with Gasteiger partial charge in [-0.15, -0.1) is 15.3 Å². The number of nitrogens with one attached hydrogen (secondary N) is 1. The minimum atomic E-state index is -0.251. The molecule has 5 heterocycles. The minimum absolute atomic E-state index is 0.0506. The summed E-state index contributed by atoms with van der Waals surface area (Å²) in [6.45, 7) is 1.91. The van der Waals surface area contributed by atoms with E-state index in [2.05, 4.69) is 35.6 Å². The van der Waals surface area contributed by atoms with Crippen molar-refractivity contribution in [2.24, 2.45) is 5.92 Å². The highest BCUT2D eigenvalue weighted by molar-refractivity contribution is 5.79. The van der Waals surface area contributed by atoms with Crippen LogP contribution in [0, 0.1) is 5.92 Å². The maximum absolute atomic E-state index is 12.8. The number of nitrogens with zero attached hydrogens (tertiary/aromatic N) is 8. The number of anilines is 1. The van der Waals surface area contributed by atoms with E-state index in [1.165, 1.54) is 28.1 Å². The van der Waals surface area contributed by atoms with E-state index in [0.29, 0.717) is 30.4 Å². The van der Waals surface area contributed by atoms with Crippen LogP contribution in [0.2, 0.25) is 0 Å². The fraction of sp³-hybridized carbons (Fsp3) is 0.318. The zero-order valence-electron chi connectivity index (χ0n) is 18.3. The van der Waals surface area contributed by atoms with Crippen molar-refractivity contribution in [1.29, 1.82) is 0 Å². The van der Waals surface area contributed by atoms with Crippen LogP contribution >= 0.6 is 0 Å². The first-order valence-corrected chi connectivity index (χ1v) is 11.0. The van der Waals surface area contributed by atoms with Gasteiger partial charge in [-0.1, -0.05) is 0 Å². The fourth-order valence-electron chi connectivity index (χ4n) is 3.93. The summed E-state index contributed by atoms with van der Waals surface area (Å²) in [5, 5.41) is 19.8. The number of carbonyl (C=O) groups is 1. The van der Waals surface area contributed by atoms with Crippen molar-refractivity contribution in [3.05, 3.63) is 65.7 Å². The minimum Gasteiger partial charge on any atom is -0.463 e. The molecule has 0 radical (unpaired) electrons. The van der Waals surface area contributed by atoms with Crippen LogP contribution in [0.5, 0.6) is 0 Å². The average Bonchev–Trinajstić information content (AvgIpc) is 3.60. The molecule has 1 atom stereocenters. The third-order valence-corrected chi connectivity index (χ3v) is 5.67. The van der Waals surface area contributed by atoms with E-state index in [1.807, 2.05) is 18.2 Å². The second-order valence-electron chi connectivity index (χ2n) is 7.92. The molecule has 0 saturated carbocycles. The normalized spacial score (nSPS) is 15.9. The largest absolute Gasteiger partial charge is 0.463 e. The van der Waals surface area contributed by atoms with Crippen molar-refractivity contribution < 1.29 is 9.21 Å². The highest BCUT2D eigenvalue weighted by atomic mass is 16.3. The van der Waals surface area contributed by atoms with Gasteiger partial charge in [0.2, 0.25) is 5.91 Å². The molecule has 0 aliphatic carbocycles. The van der Waals surface area contributed by atoms with Crippen LogP contribution in [0.25, 0.3) is 17.3 Å². The Hall–Kier alpha value is -4.35. The molecule has 174 valence electrons. The number of hydrogen-bond donors (Lipinski definition) is 1. The molecule has 0 bridgehead atoms. The third kappa shape index (κ3) is 4.70. The summed E-state index contributed by atoms with van der Waals surface area (Å²) < 4.78 is 8.13. The van der Waals surface area contributed by atoms with E-state index in [9.17, 15) is 9.59 Å². The van der Waals surface area contributed by atoms with Gasteiger partial charge in [-0.3, -0.25) is 9.59 Å². The number of piperidine rings is 1. The molecule has 4 aromatic rings. The predicted molar refractivity (Wildman–Crippen MR) is 121 cm³/mol. The van der Waals surface area contributed by atoms with Crippen LogP contribution in [0.4, 0.5) is 5.82 Å². The van der Waals surface area contributed by atoms with Crippen LogP contribution < -0.4 is 15.8 Å². The molecule has 12 heteroatoms. The number of rotatable bonds is 7. The lowest BCUT2D eigenvalue weighted by atomic mass is 9.97. The quantitative estimate of drug-likeness (QED) is 0.426. The van der Waals surface area contributed by atoms with E-state index < -0.39 is 0 Å². The summed E-state index contributed by atoms with van der Waals surface area (Å²) in [6.07, 6.45) is 6.16. The topological polar surface area (TPSA) is 137 Å². The fourth-order valence-corrected chi connectivity index (χ4v) is 3.93. The summed E-state index contributed by atoms with van der Waals surface area (Å²) in [4.78, 5) is 30.9. The average molecular weight is 461 g/mol. The first-order chi connectivity index (χ1) is 16.7. The van der Waals surface area contributed by atoms with Gasteiger partial charge in [-0.2, -0.15) is 5.10 Å². The molecule has 1 aliphatic rings. The lowest BCUT2D eigenvalue weighted by Gasteiger charge is -2.32. The van der Waals surface area contributed by atoms with Gasteiger partial charge in [0.15, 0.2) is 17.4 Å². The summed E-state index contributed by atoms with van der Waals surface area (Å²) in [5.74, 6) is 1.64. The molecule has 1 aliphatic heterocycles. The predicted octanol–water partition coefficient (Wildman–Crippen LogP) is 0.907. The van der Waals surface area contributed by atoms with Crippen molar-refractivity contribution in [1.82, 2.24) is 40.1 Å². The van der Waals surface area contributed by atoms with Crippen molar-refractivity contribution in [2.45, 2.75) is 19.4 Å². The molecular weight excluding hydrogens is 438 g/mol. The van der Waals surface area contributed by atoms with Gasteiger partial charge in [-0.05, 0) is 43.2 Å². The second-order valence-corrected chi connectivity index (χ2v) is 7.92. The molecule has 12 nitrogen and oxygen atoms in total. The van der Waals surface area contributed by atoms with E-state index in [4.69, 9.17) is 4.42 Å². The van der Waals surface area contributed by atoms with Gasteiger partial charge >= 0.3 is 0 Å².